The number of nitrogens with zero attached hydrogens (tertiary/aromatic N) is 3. The third-order valence-corrected chi connectivity index (χ3v) is 3.31. The molecule has 0 saturated carbocycles. The second-order valence-corrected chi connectivity index (χ2v) is 5.76. The lowest BCUT2D eigenvalue weighted by atomic mass is 9.96. The van der Waals surface area contributed by atoms with Crippen LogP contribution < -0.4 is 0 Å². The summed E-state index contributed by atoms with van der Waals surface area (Å²) in [5.74, 6) is 0.890. The predicted octanol–water partition coefficient (Wildman–Crippen LogP) is 3.42. The van der Waals surface area contributed by atoms with Crippen LogP contribution in [0.5, 0.6) is 0 Å². The Kier molecular flexibility index (Phi) is 2.21. The van der Waals surface area contributed by atoms with Gasteiger partial charge < -0.3 is 4.57 Å². The van der Waals surface area contributed by atoms with Crippen molar-refractivity contribution < 1.29 is 0 Å². The minimum Gasteiger partial charge on any atom is -0.328 e. The van der Waals surface area contributed by atoms with Crippen molar-refractivity contribution in [3.8, 4) is 0 Å². The minimum atomic E-state index is -0.0232. The fraction of sp³-hybridized carbons (Fsp3) is 0.333. The Morgan fingerprint density at radius 3 is 2.50 bits per heavy atom. The van der Waals surface area contributed by atoms with Crippen molar-refractivity contribution >= 4 is 21.9 Å². The summed E-state index contributed by atoms with van der Waals surface area (Å²) in [5.41, 5.74) is 2.19. The molecule has 0 radical (unpaired) electrons. The maximum Gasteiger partial charge on any atom is 0.144 e. The van der Waals surface area contributed by atoms with Gasteiger partial charge in [-0.05, 0) is 6.07 Å². The topological polar surface area (TPSA) is 30.7 Å². The summed E-state index contributed by atoms with van der Waals surface area (Å²) in [6.07, 6.45) is 1.95. The monoisotopic (exact) mass is 239 g/mol. The highest BCUT2D eigenvalue weighted by molar-refractivity contribution is 6.06. The molecule has 2 heterocycles. The summed E-state index contributed by atoms with van der Waals surface area (Å²) in [6, 6.07) is 8.35. The summed E-state index contributed by atoms with van der Waals surface area (Å²) < 4.78 is 2.14. The molecule has 0 bridgehead atoms. The van der Waals surface area contributed by atoms with Gasteiger partial charge in [0.1, 0.15) is 11.5 Å². The molecule has 1 aromatic carbocycles. The van der Waals surface area contributed by atoms with Gasteiger partial charge in [0.15, 0.2) is 0 Å². The molecule has 0 unspecified atom stereocenters. The van der Waals surface area contributed by atoms with Gasteiger partial charge in [0, 0.05) is 29.4 Å². The van der Waals surface area contributed by atoms with Gasteiger partial charge in [-0.1, -0.05) is 39.0 Å². The number of benzene rings is 1. The van der Waals surface area contributed by atoms with E-state index in [0.29, 0.717) is 0 Å². The Morgan fingerprint density at radius 1 is 1.06 bits per heavy atom. The Bertz CT molecular complexity index is 732. The highest BCUT2D eigenvalue weighted by Crippen LogP contribution is 2.28. The Labute approximate surface area is 106 Å². The van der Waals surface area contributed by atoms with Crippen LogP contribution in [0.25, 0.3) is 21.9 Å². The van der Waals surface area contributed by atoms with Crippen molar-refractivity contribution in [2.24, 2.45) is 7.05 Å². The molecule has 2 aromatic heterocycles. The normalized spacial score (nSPS) is 12.4. The van der Waals surface area contributed by atoms with Crippen molar-refractivity contribution in [1.29, 1.82) is 0 Å². The molecule has 18 heavy (non-hydrogen) atoms. The van der Waals surface area contributed by atoms with Crippen LogP contribution in [0, 0.1) is 0 Å². The first-order valence-electron chi connectivity index (χ1n) is 6.19. The highest BCUT2D eigenvalue weighted by atomic mass is 15.0. The van der Waals surface area contributed by atoms with Crippen LogP contribution in [0.2, 0.25) is 0 Å². The van der Waals surface area contributed by atoms with E-state index in [0.717, 1.165) is 16.9 Å². The lowest BCUT2D eigenvalue weighted by Gasteiger charge is -2.15. The predicted molar refractivity (Wildman–Crippen MR) is 74.7 cm³/mol. The maximum absolute atomic E-state index is 4.74. The Hall–Kier alpha value is -1.90. The van der Waals surface area contributed by atoms with Gasteiger partial charge in [-0.3, -0.25) is 0 Å². The summed E-state index contributed by atoms with van der Waals surface area (Å²) >= 11 is 0. The third-order valence-electron chi connectivity index (χ3n) is 3.31. The zero-order chi connectivity index (χ0) is 12.9. The largest absolute Gasteiger partial charge is 0.328 e. The van der Waals surface area contributed by atoms with E-state index in [4.69, 9.17) is 4.98 Å². The minimum absolute atomic E-state index is 0.0232. The zero-order valence-corrected chi connectivity index (χ0v) is 11.2. The first-order valence-corrected chi connectivity index (χ1v) is 6.19. The van der Waals surface area contributed by atoms with Crippen LogP contribution in [0.15, 0.2) is 30.5 Å². The fourth-order valence-electron chi connectivity index (χ4n) is 2.29. The van der Waals surface area contributed by atoms with Gasteiger partial charge in [-0.25, -0.2) is 9.97 Å². The van der Waals surface area contributed by atoms with Crippen LogP contribution in [0.1, 0.15) is 26.6 Å². The van der Waals surface area contributed by atoms with Crippen LogP contribution in [0.3, 0.4) is 0 Å². The lowest BCUT2D eigenvalue weighted by molar-refractivity contribution is 0.547. The van der Waals surface area contributed by atoms with E-state index in [9.17, 15) is 0 Å². The molecule has 0 aliphatic rings. The molecule has 0 atom stereocenters. The average Bonchev–Trinajstić information content (AvgIpc) is 2.63. The van der Waals surface area contributed by atoms with Crippen molar-refractivity contribution in [3.63, 3.8) is 0 Å². The van der Waals surface area contributed by atoms with E-state index in [1.54, 1.807) is 0 Å². The van der Waals surface area contributed by atoms with Crippen molar-refractivity contribution in [1.82, 2.24) is 14.5 Å². The number of fused-ring (bicyclic) bond motifs is 3. The molecule has 0 fully saturated rings. The molecule has 0 aliphatic carbocycles. The van der Waals surface area contributed by atoms with E-state index in [2.05, 4.69) is 61.6 Å². The molecular weight excluding hydrogens is 222 g/mol. The Balaban J connectivity index is 2.42. The fourth-order valence-corrected chi connectivity index (χ4v) is 2.29. The smallest absolute Gasteiger partial charge is 0.144 e. The lowest BCUT2D eigenvalue weighted by Crippen LogP contribution is -2.16. The number of aryl methyl sites for hydroxylation is 1. The van der Waals surface area contributed by atoms with Crippen LogP contribution in [0.4, 0.5) is 0 Å². The van der Waals surface area contributed by atoms with Gasteiger partial charge in [0.25, 0.3) is 0 Å². The molecule has 0 amide bonds. The van der Waals surface area contributed by atoms with Crippen molar-refractivity contribution in [2.75, 3.05) is 0 Å². The molecular formula is C15H17N3. The number of rotatable bonds is 0. The molecule has 92 valence electrons. The number of para-hydroxylation sites is 1. The van der Waals surface area contributed by atoms with Crippen LogP contribution in [-0.2, 0) is 12.5 Å². The third kappa shape index (κ3) is 1.50. The standard InChI is InChI=1S/C15H17N3/c1-15(2,3)14-16-9-11-10-7-5-6-8-12(10)18(4)13(11)17-14/h5-9H,1-4H3. The van der Waals surface area contributed by atoms with Crippen molar-refractivity contribution in [3.05, 3.63) is 36.3 Å². The molecule has 0 aliphatic heterocycles. The molecule has 0 spiro atoms. The van der Waals surface area contributed by atoms with E-state index in [1.165, 1.54) is 10.9 Å². The summed E-state index contributed by atoms with van der Waals surface area (Å²) in [4.78, 5) is 9.25. The van der Waals surface area contributed by atoms with Gasteiger partial charge in [-0.2, -0.15) is 0 Å². The summed E-state index contributed by atoms with van der Waals surface area (Å²) in [7, 11) is 2.06. The summed E-state index contributed by atoms with van der Waals surface area (Å²) in [5, 5.41) is 2.34. The van der Waals surface area contributed by atoms with E-state index >= 15 is 0 Å². The number of aromatic nitrogens is 3. The van der Waals surface area contributed by atoms with Crippen LogP contribution >= 0.6 is 0 Å². The van der Waals surface area contributed by atoms with Gasteiger partial charge in [0.2, 0.25) is 0 Å². The zero-order valence-electron chi connectivity index (χ0n) is 11.2. The SMILES string of the molecule is Cn1c2ccccc2c2cnc(C(C)(C)C)nc21. The first-order chi connectivity index (χ1) is 8.48. The quantitative estimate of drug-likeness (QED) is 0.602. The first kappa shape index (κ1) is 11.2. The number of hydrogen-bond acceptors (Lipinski definition) is 2. The molecule has 3 aromatic rings. The molecule has 3 nitrogen and oxygen atoms in total. The number of hydrogen-bond donors (Lipinski definition) is 0. The molecule has 3 rings (SSSR count). The Morgan fingerprint density at radius 2 is 1.78 bits per heavy atom. The van der Waals surface area contributed by atoms with Gasteiger partial charge in [0.05, 0.1) is 5.52 Å². The van der Waals surface area contributed by atoms with E-state index < -0.39 is 0 Å². The van der Waals surface area contributed by atoms with E-state index in [-0.39, 0.29) is 5.41 Å². The summed E-state index contributed by atoms with van der Waals surface area (Å²) in [6.45, 7) is 6.41. The highest BCUT2D eigenvalue weighted by Gasteiger charge is 2.19. The second-order valence-electron chi connectivity index (χ2n) is 5.76. The van der Waals surface area contributed by atoms with Gasteiger partial charge >= 0.3 is 0 Å². The van der Waals surface area contributed by atoms with Crippen LogP contribution in [-0.4, -0.2) is 14.5 Å². The molecule has 0 saturated heterocycles. The second kappa shape index (κ2) is 3.55. The molecule has 3 heteroatoms. The average molecular weight is 239 g/mol. The van der Waals surface area contributed by atoms with Crippen molar-refractivity contribution in [2.45, 2.75) is 26.2 Å². The maximum atomic E-state index is 4.74. The van der Waals surface area contributed by atoms with E-state index in [1.807, 2.05) is 6.20 Å². The van der Waals surface area contributed by atoms with Gasteiger partial charge in [-0.15, -0.1) is 0 Å². The molecule has 0 N–H and O–H groups in total.